The molecule has 2 N–H and O–H groups in total. The van der Waals surface area contributed by atoms with E-state index in [0.717, 1.165) is 29.2 Å². The zero-order valence-corrected chi connectivity index (χ0v) is 20.4. The number of fused-ring (bicyclic) bond motifs is 1. The third-order valence-corrected chi connectivity index (χ3v) is 7.83. The highest BCUT2D eigenvalue weighted by atomic mass is 32.2. The van der Waals surface area contributed by atoms with Gasteiger partial charge in [0, 0.05) is 36.0 Å². The lowest BCUT2D eigenvalue weighted by Crippen LogP contribution is -2.32. The number of aromatic nitrogens is 2. The maximum atomic E-state index is 13.1. The Hall–Kier alpha value is -3.33. The maximum Gasteiger partial charge on any atom is 0.240 e. The van der Waals surface area contributed by atoms with E-state index in [1.165, 1.54) is 0 Å². The summed E-state index contributed by atoms with van der Waals surface area (Å²) in [6.45, 7) is 3.38. The molecule has 1 aromatic heterocycles. The fourth-order valence-electron chi connectivity index (χ4n) is 4.35. The van der Waals surface area contributed by atoms with E-state index in [4.69, 9.17) is 4.74 Å². The largest absolute Gasteiger partial charge is 0.377 e. The second kappa shape index (κ2) is 10.1. The Kier molecular flexibility index (Phi) is 6.77. The van der Waals surface area contributed by atoms with Crippen molar-refractivity contribution in [3.05, 3.63) is 83.9 Å². The van der Waals surface area contributed by atoms with Crippen molar-refractivity contribution in [2.45, 2.75) is 37.3 Å². The van der Waals surface area contributed by atoms with Gasteiger partial charge < -0.3 is 10.1 Å². The topological polar surface area (TPSA) is 93.2 Å². The Balaban J connectivity index is 1.46. The molecule has 1 aliphatic heterocycles. The number of nitrogens with zero attached hydrogens (tertiary/aromatic N) is 2. The van der Waals surface area contributed by atoms with Crippen LogP contribution in [-0.2, 0) is 21.3 Å². The van der Waals surface area contributed by atoms with E-state index in [1.54, 1.807) is 13.0 Å². The van der Waals surface area contributed by atoms with Crippen LogP contribution in [0, 0.1) is 6.92 Å². The van der Waals surface area contributed by atoms with E-state index in [-0.39, 0.29) is 17.5 Å². The molecule has 7 nitrogen and oxygen atoms in total. The van der Waals surface area contributed by atoms with Crippen molar-refractivity contribution in [3.63, 3.8) is 0 Å². The number of anilines is 1. The van der Waals surface area contributed by atoms with E-state index in [1.807, 2.05) is 54.6 Å². The number of benzene rings is 3. The molecule has 0 amide bonds. The maximum absolute atomic E-state index is 13.1. The standard InChI is InChI=1S/C27H28N4O3S/c1-19-13-14-21(16-25(19)35(32,33)29-18-22-10-7-15-34-22)26-23-11-5-6-12-24(23)27(31-30-26)28-17-20-8-3-2-4-9-20/h2-6,8-9,11-14,16,22,29H,7,10,15,17-18H2,1H3,(H,28,31)/t22-/m0/s1. The van der Waals surface area contributed by atoms with Crippen LogP contribution in [0.5, 0.6) is 0 Å². The Morgan fingerprint density at radius 1 is 0.971 bits per heavy atom. The van der Waals surface area contributed by atoms with Crippen LogP contribution >= 0.6 is 0 Å². The summed E-state index contributed by atoms with van der Waals surface area (Å²) in [5.74, 6) is 0.686. The van der Waals surface area contributed by atoms with Crippen LogP contribution in [0.2, 0.25) is 0 Å². The summed E-state index contributed by atoms with van der Waals surface area (Å²) in [5.41, 5.74) is 3.16. The summed E-state index contributed by atoms with van der Waals surface area (Å²) in [4.78, 5) is 0.241. The first-order valence-electron chi connectivity index (χ1n) is 11.8. The summed E-state index contributed by atoms with van der Waals surface area (Å²) in [5, 5.41) is 14.2. The lowest BCUT2D eigenvalue weighted by atomic mass is 10.0. The summed E-state index contributed by atoms with van der Waals surface area (Å²) in [6, 6.07) is 23.4. The van der Waals surface area contributed by atoms with Gasteiger partial charge in [0.15, 0.2) is 5.82 Å². The third-order valence-electron chi connectivity index (χ3n) is 6.27. The fourth-order valence-corrected chi connectivity index (χ4v) is 5.69. The molecule has 0 saturated carbocycles. The smallest absolute Gasteiger partial charge is 0.240 e. The Morgan fingerprint density at radius 2 is 1.74 bits per heavy atom. The molecule has 0 radical (unpaired) electrons. The van der Waals surface area contributed by atoms with Gasteiger partial charge >= 0.3 is 0 Å². The van der Waals surface area contributed by atoms with Gasteiger partial charge in [-0.1, -0.05) is 66.7 Å². The minimum Gasteiger partial charge on any atom is -0.377 e. The van der Waals surface area contributed by atoms with Crippen molar-refractivity contribution in [3.8, 4) is 11.3 Å². The highest BCUT2D eigenvalue weighted by Gasteiger charge is 2.23. The molecule has 3 aromatic carbocycles. The number of aryl methyl sites for hydroxylation is 1. The molecule has 1 saturated heterocycles. The summed E-state index contributed by atoms with van der Waals surface area (Å²) in [6.07, 6.45) is 1.76. The van der Waals surface area contributed by atoms with E-state index in [9.17, 15) is 8.42 Å². The number of nitrogens with one attached hydrogen (secondary N) is 2. The van der Waals surface area contributed by atoms with Gasteiger partial charge in [0.2, 0.25) is 10.0 Å². The molecule has 1 atom stereocenters. The second-order valence-corrected chi connectivity index (χ2v) is 10.5. The van der Waals surface area contributed by atoms with Gasteiger partial charge in [-0.15, -0.1) is 10.2 Å². The molecule has 180 valence electrons. The quantitative estimate of drug-likeness (QED) is 0.374. The second-order valence-electron chi connectivity index (χ2n) is 8.75. The molecule has 1 aliphatic rings. The van der Waals surface area contributed by atoms with Crippen LogP contribution in [0.1, 0.15) is 24.0 Å². The average Bonchev–Trinajstić information content (AvgIpc) is 3.41. The lowest BCUT2D eigenvalue weighted by molar-refractivity contribution is 0.114. The van der Waals surface area contributed by atoms with Crippen molar-refractivity contribution in [1.29, 1.82) is 0 Å². The molecule has 5 rings (SSSR count). The van der Waals surface area contributed by atoms with Gasteiger partial charge in [0.25, 0.3) is 0 Å². The van der Waals surface area contributed by atoms with Gasteiger partial charge in [0.1, 0.15) is 5.69 Å². The van der Waals surface area contributed by atoms with Crippen LogP contribution < -0.4 is 10.0 Å². The minimum absolute atomic E-state index is 0.0704. The van der Waals surface area contributed by atoms with Crippen LogP contribution in [0.25, 0.3) is 22.0 Å². The monoisotopic (exact) mass is 488 g/mol. The first kappa shape index (κ1) is 23.4. The molecule has 0 bridgehead atoms. The van der Waals surface area contributed by atoms with Crippen LogP contribution in [-0.4, -0.2) is 37.9 Å². The predicted molar refractivity (Wildman–Crippen MR) is 138 cm³/mol. The Labute approximate surface area is 205 Å². The van der Waals surface area contributed by atoms with Crippen molar-refractivity contribution in [1.82, 2.24) is 14.9 Å². The number of rotatable bonds is 8. The average molecular weight is 489 g/mol. The molecule has 0 unspecified atom stereocenters. The highest BCUT2D eigenvalue weighted by molar-refractivity contribution is 7.89. The molecule has 35 heavy (non-hydrogen) atoms. The van der Waals surface area contributed by atoms with Crippen molar-refractivity contribution in [2.24, 2.45) is 0 Å². The van der Waals surface area contributed by atoms with E-state index in [0.29, 0.717) is 35.8 Å². The van der Waals surface area contributed by atoms with Crippen molar-refractivity contribution < 1.29 is 13.2 Å². The molecule has 1 fully saturated rings. The van der Waals surface area contributed by atoms with E-state index in [2.05, 4.69) is 32.4 Å². The minimum atomic E-state index is -3.70. The van der Waals surface area contributed by atoms with Gasteiger partial charge in [-0.2, -0.15) is 0 Å². The van der Waals surface area contributed by atoms with E-state index < -0.39 is 10.0 Å². The molecular formula is C27H28N4O3S. The predicted octanol–water partition coefficient (Wildman–Crippen LogP) is 4.67. The zero-order chi connectivity index (χ0) is 24.3. The number of hydrogen-bond donors (Lipinski definition) is 2. The SMILES string of the molecule is Cc1ccc(-c2nnc(NCc3ccccc3)c3ccccc23)cc1S(=O)(=O)NC[C@@H]1CCCO1. The van der Waals surface area contributed by atoms with E-state index >= 15 is 0 Å². The number of ether oxygens (including phenoxy) is 1. The summed E-state index contributed by atoms with van der Waals surface area (Å²) >= 11 is 0. The van der Waals surface area contributed by atoms with Crippen LogP contribution in [0.15, 0.2) is 77.7 Å². The molecular weight excluding hydrogens is 460 g/mol. The molecule has 4 aromatic rings. The van der Waals surface area contributed by atoms with Gasteiger partial charge in [-0.3, -0.25) is 0 Å². The van der Waals surface area contributed by atoms with Crippen LogP contribution in [0.3, 0.4) is 0 Å². The van der Waals surface area contributed by atoms with Crippen molar-refractivity contribution >= 4 is 26.6 Å². The van der Waals surface area contributed by atoms with Gasteiger partial charge in [-0.25, -0.2) is 13.1 Å². The zero-order valence-electron chi connectivity index (χ0n) is 19.6. The number of sulfonamides is 1. The summed E-state index contributed by atoms with van der Waals surface area (Å²) < 4.78 is 34.5. The normalized spacial score (nSPS) is 16.0. The van der Waals surface area contributed by atoms with Gasteiger partial charge in [0.05, 0.1) is 11.0 Å². The van der Waals surface area contributed by atoms with Crippen molar-refractivity contribution in [2.75, 3.05) is 18.5 Å². The highest BCUT2D eigenvalue weighted by Crippen LogP contribution is 2.32. The first-order valence-corrected chi connectivity index (χ1v) is 13.2. The molecule has 0 spiro atoms. The number of hydrogen-bond acceptors (Lipinski definition) is 6. The molecule has 2 heterocycles. The molecule has 8 heteroatoms. The first-order chi connectivity index (χ1) is 17.0. The van der Waals surface area contributed by atoms with Gasteiger partial charge in [-0.05, 0) is 37.0 Å². The fraction of sp³-hybridized carbons (Fsp3) is 0.259. The Morgan fingerprint density at radius 3 is 2.51 bits per heavy atom. The lowest BCUT2D eigenvalue weighted by Gasteiger charge is -2.15. The van der Waals surface area contributed by atoms with Crippen LogP contribution in [0.4, 0.5) is 5.82 Å². The third kappa shape index (κ3) is 5.19. The summed E-state index contributed by atoms with van der Waals surface area (Å²) in [7, 11) is -3.70. The Bertz CT molecular complexity index is 1440. The molecule has 0 aliphatic carbocycles.